The molecular formula is C15H22BrN3O2. The Balaban J connectivity index is 1.66. The first-order chi connectivity index (χ1) is 10.2. The van der Waals surface area contributed by atoms with Crippen molar-refractivity contribution in [2.24, 2.45) is 5.92 Å². The Kier molecular flexibility index (Phi) is 4.64. The predicted octanol–water partition coefficient (Wildman–Crippen LogP) is 2.79. The molecule has 0 aliphatic heterocycles. The van der Waals surface area contributed by atoms with Crippen molar-refractivity contribution < 1.29 is 4.74 Å². The Morgan fingerprint density at radius 3 is 2.86 bits per heavy atom. The van der Waals surface area contributed by atoms with E-state index in [4.69, 9.17) is 4.74 Å². The Hall–Kier alpha value is -0.880. The lowest BCUT2D eigenvalue weighted by atomic mass is 9.85. The lowest BCUT2D eigenvalue weighted by Crippen LogP contribution is -2.42. The summed E-state index contributed by atoms with van der Waals surface area (Å²) in [6.45, 7) is 3.51. The molecule has 2 saturated carbocycles. The highest BCUT2D eigenvalue weighted by molar-refractivity contribution is 9.10. The van der Waals surface area contributed by atoms with Gasteiger partial charge in [0.05, 0.1) is 16.8 Å². The molecule has 0 bridgehead atoms. The smallest absolute Gasteiger partial charge is 0.291 e. The largest absolute Gasteiger partial charge is 0.378 e. The summed E-state index contributed by atoms with van der Waals surface area (Å²) in [5.41, 5.74) is 0.625. The van der Waals surface area contributed by atoms with Gasteiger partial charge in [-0.05, 0) is 54.5 Å². The zero-order valence-corrected chi connectivity index (χ0v) is 13.9. The summed E-state index contributed by atoms with van der Waals surface area (Å²) in [7, 11) is 0. The summed E-state index contributed by atoms with van der Waals surface area (Å²) in [5, 5.41) is 7.60. The summed E-state index contributed by atoms with van der Waals surface area (Å²) >= 11 is 3.44. The van der Waals surface area contributed by atoms with E-state index in [1.165, 1.54) is 19.3 Å². The van der Waals surface area contributed by atoms with Crippen LogP contribution in [0.5, 0.6) is 0 Å². The molecule has 0 spiro atoms. The van der Waals surface area contributed by atoms with Crippen LogP contribution in [-0.4, -0.2) is 28.5 Å². The molecule has 6 heteroatoms. The van der Waals surface area contributed by atoms with Crippen LogP contribution in [0.4, 0.5) is 5.69 Å². The minimum absolute atomic E-state index is 0.0175. The third-order valence-electron chi connectivity index (χ3n) is 4.50. The van der Waals surface area contributed by atoms with Crippen LogP contribution in [0.1, 0.15) is 39.0 Å². The average Bonchev–Trinajstić information content (AvgIpc) is 2.37. The number of anilines is 1. The van der Waals surface area contributed by atoms with Crippen molar-refractivity contribution >= 4 is 21.6 Å². The van der Waals surface area contributed by atoms with Gasteiger partial charge in [0.1, 0.15) is 5.69 Å². The van der Waals surface area contributed by atoms with E-state index in [1.54, 1.807) is 10.9 Å². The van der Waals surface area contributed by atoms with Gasteiger partial charge in [0.15, 0.2) is 0 Å². The van der Waals surface area contributed by atoms with Crippen molar-refractivity contribution in [2.75, 3.05) is 11.9 Å². The van der Waals surface area contributed by atoms with Crippen molar-refractivity contribution in [1.82, 2.24) is 9.78 Å². The zero-order valence-electron chi connectivity index (χ0n) is 12.3. The van der Waals surface area contributed by atoms with Gasteiger partial charge in [0, 0.05) is 19.2 Å². The molecule has 3 rings (SSSR count). The number of aromatic nitrogens is 2. The molecule has 2 fully saturated rings. The molecular weight excluding hydrogens is 334 g/mol. The quantitative estimate of drug-likeness (QED) is 0.852. The molecule has 0 radical (unpaired) electrons. The zero-order chi connectivity index (χ0) is 14.8. The Bertz CT molecular complexity index is 550. The van der Waals surface area contributed by atoms with Gasteiger partial charge in [0.2, 0.25) is 0 Å². The van der Waals surface area contributed by atoms with E-state index in [0.29, 0.717) is 23.8 Å². The number of rotatable bonds is 6. The van der Waals surface area contributed by atoms with Crippen LogP contribution < -0.4 is 10.9 Å². The van der Waals surface area contributed by atoms with Gasteiger partial charge in [-0.15, -0.1) is 0 Å². The first-order valence-electron chi connectivity index (χ1n) is 7.81. The van der Waals surface area contributed by atoms with Gasteiger partial charge in [-0.1, -0.05) is 6.42 Å². The average molecular weight is 356 g/mol. The van der Waals surface area contributed by atoms with Crippen LogP contribution in [0.15, 0.2) is 15.5 Å². The topological polar surface area (TPSA) is 56.1 Å². The molecule has 0 saturated heterocycles. The van der Waals surface area contributed by atoms with E-state index < -0.39 is 0 Å². The molecule has 0 aromatic carbocycles. The van der Waals surface area contributed by atoms with Crippen LogP contribution in [0.2, 0.25) is 0 Å². The highest BCUT2D eigenvalue weighted by Gasteiger charge is 2.30. The minimum atomic E-state index is -0.0175. The molecule has 1 N–H and O–H groups in total. The van der Waals surface area contributed by atoms with Gasteiger partial charge in [0.25, 0.3) is 5.56 Å². The molecule has 5 nitrogen and oxygen atoms in total. The van der Waals surface area contributed by atoms with Crippen LogP contribution >= 0.6 is 15.9 Å². The fraction of sp³-hybridized carbons (Fsp3) is 0.733. The maximum absolute atomic E-state index is 12.5. The Labute approximate surface area is 133 Å². The number of hydrogen-bond donors (Lipinski definition) is 1. The van der Waals surface area contributed by atoms with Crippen LogP contribution in [0.25, 0.3) is 0 Å². The number of halogens is 1. The maximum Gasteiger partial charge on any atom is 0.291 e. The van der Waals surface area contributed by atoms with Crippen molar-refractivity contribution in [3.63, 3.8) is 0 Å². The summed E-state index contributed by atoms with van der Waals surface area (Å²) in [6, 6.07) is 0.324. The summed E-state index contributed by atoms with van der Waals surface area (Å²) in [6.07, 6.45) is 7.69. The minimum Gasteiger partial charge on any atom is -0.378 e. The third kappa shape index (κ3) is 3.31. The van der Waals surface area contributed by atoms with E-state index in [0.717, 1.165) is 30.5 Å². The number of nitrogens with one attached hydrogen (secondary N) is 1. The molecule has 0 atom stereocenters. The molecule has 0 unspecified atom stereocenters. The molecule has 0 amide bonds. The lowest BCUT2D eigenvalue weighted by Gasteiger charge is -2.36. The number of hydrogen-bond acceptors (Lipinski definition) is 4. The van der Waals surface area contributed by atoms with Crippen molar-refractivity contribution in [2.45, 2.75) is 57.7 Å². The van der Waals surface area contributed by atoms with Crippen molar-refractivity contribution in [3.8, 4) is 0 Å². The second-order valence-electron chi connectivity index (χ2n) is 6.04. The predicted molar refractivity (Wildman–Crippen MR) is 85.6 cm³/mol. The first-order valence-corrected chi connectivity index (χ1v) is 8.60. The van der Waals surface area contributed by atoms with E-state index in [1.807, 2.05) is 6.92 Å². The SMILES string of the molecule is CCOC1CC(Nc2c(Br)cnn(CC3CCC3)c2=O)C1. The van der Waals surface area contributed by atoms with Gasteiger partial charge in [-0.25, -0.2) is 4.68 Å². The molecule has 2 aliphatic rings. The number of ether oxygens (including phenoxy) is 1. The molecule has 1 aromatic heterocycles. The van der Waals surface area contributed by atoms with Gasteiger partial charge < -0.3 is 10.1 Å². The Morgan fingerprint density at radius 2 is 2.24 bits per heavy atom. The molecule has 21 heavy (non-hydrogen) atoms. The van der Waals surface area contributed by atoms with E-state index in [2.05, 4.69) is 26.3 Å². The molecule has 2 aliphatic carbocycles. The van der Waals surface area contributed by atoms with Gasteiger partial charge in [-0.2, -0.15) is 5.10 Å². The van der Waals surface area contributed by atoms with Crippen LogP contribution in [0, 0.1) is 5.92 Å². The summed E-state index contributed by atoms with van der Waals surface area (Å²) in [5.74, 6) is 0.621. The van der Waals surface area contributed by atoms with Crippen molar-refractivity contribution in [1.29, 1.82) is 0 Å². The first kappa shape index (κ1) is 15.0. The standard InChI is InChI=1S/C15H22BrN3O2/c1-2-21-12-6-11(7-12)18-14-13(16)8-17-19(15(14)20)9-10-4-3-5-10/h8,10-12,18H,2-7,9H2,1H3. The normalized spacial score (nSPS) is 25.2. The fourth-order valence-electron chi connectivity index (χ4n) is 2.91. The summed E-state index contributed by atoms with van der Waals surface area (Å²) in [4.78, 5) is 12.5. The van der Waals surface area contributed by atoms with E-state index in [9.17, 15) is 4.79 Å². The second kappa shape index (κ2) is 6.48. The Morgan fingerprint density at radius 1 is 1.48 bits per heavy atom. The van der Waals surface area contributed by atoms with Gasteiger partial charge in [-0.3, -0.25) is 4.79 Å². The van der Waals surface area contributed by atoms with Crippen LogP contribution in [-0.2, 0) is 11.3 Å². The monoisotopic (exact) mass is 355 g/mol. The van der Waals surface area contributed by atoms with E-state index in [-0.39, 0.29) is 5.56 Å². The molecule has 1 heterocycles. The maximum atomic E-state index is 12.5. The molecule has 116 valence electrons. The van der Waals surface area contributed by atoms with Crippen molar-refractivity contribution in [3.05, 3.63) is 21.0 Å². The highest BCUT2D eigenvalue weighted by atomic mass is 79.9. The van der Waals surface area contributed by atoms with E-state index >= 15 is 0 Å². The third-order valence-corrected chi connectivity index (χ3v) is 5.10. The second-order valence-corrected chi connectivity index (χ2v) is 6.90. The number of nitrogens with zero attached hydrogens (tertiary/aromatic N) is 2. The van der Waals surface area contributed by atoms with Gasteiger partial charge >= 0.3 is 0 Å². The summed E-state index contributed by atoms with van der Waals surface area (Å²) < 4.78 is 7.91. The highest BCUT2D eigenvalue weighted by Crippen LogP contribution is 2.29. The van der Waals surface area contributed by atoms with Crippen LogP contribution in [0.3, 0.4) is 0 Å². The molecule has 1 aromatic rings. The fourth-order valence-corrected chi connectivity index (χ4v) is 3.28. The lowest BCUT2D eigenvalue weighted by molar-refractivity contribution is 0.00294.